The minimum Gasteiger partial charge on any atom is -0.271 e. The molecule has 3 aliphatic rings. The van der Waals surface area contributed by atoms with Crippen molar-refractivity contribution in [2.24, 2.45) is 9.98 Å². The zero-order valence-corrected chi connectivity index (χ0v) is 15.6. The molecule has 0 saturated heterocycles. The molecule has 0 saturated carbocycles. The number of hydrogen-bond acceptors (Lipinski definition) is 5. The van der Waals surface area contributed by atoms with Crippen LogP contribution in [0.2, 0.25) is 0 Å². The van der Waals surface area contributed by atoms with Gasteiger partial charge in [-0.2, -0.15) is 0 Å². The Hall–Kier alpha value is -2.54. The zero-order valence-electron chi connectivity index (χ0n) is 14.0. The summed E-state index contributed by atoms with van der Waals surface area (Å²) in [7, 11) is 0. The molecule has 2 aliphatic heterocycles. The molecule has 1 aromatic heterocycles. The first-order valence-corrected chi connectivity index (χ1v) is 9.50. The van der Waals surface area contributed by atoms with Crippen molar-refractivity contribution in [3.8, 4) is 11.1 Å². The first kappa shape index (κ1) is 15.7. The molecule has 0 fully saturated rings. The van der Waals surface area contributed by atoms with E-state index in [0.717, 1.165) is 52.5 Å². The topological polar surface area (TPSA) is 70.0 Å². The molecule has 130 valence electrons. The number of rotatable bonds is 1. The van der Waals surface area contributed by atoms with Gasteiger partial charge in [0.05, 0.1) is 5.56 Å². The van der Waals surface area contributed by atoms with Gasteiger partial charge in [0.25, 0.3) is 5.91 Å². The molecule has 1 aromatic carbocycles. The van der Waals surface area contributed by atoms with Crippen LogP contribution in [-0.4, -0.2) is 34.6 Å². The number of nitrogens with zero attached hydrogens (tertiary/aromatic N) is 4. The number of fused-ring (bicyclic) bond motifs is 4. The molecule has 0 bridgehead atoms. The summed E-state index contributed by atoms with van der Waals surface area (Å²) in [5, 5.41) is 1.60. The number of nitrogens with one attached hydrogen (secondary N) is 1. The molecule has 1 N–H and O–H groups in total. The third-order valence-electron chi connectivity index (χ3n) is 4.96. The summed E-state index contributed by atoms with van der Waals surface area (Å²) in [4.78, 5) is 25.6. The molecule has 6 nitrogen and oxygen atoms in total. The fourth-order valence-electron chi connectivity index (χ4n) is 3.84. The number of halogens is 1. The predicted molar refractivity (Wildman–Crippen MR) is 104 cm³/mol. The smallest absolute Gasteiger partial charge is 0.260 e. The summed E-state index contributed by atoms with van der Waals surface area (Å²) in [6.07, 6.45) is 5.87. The van der Waals surface area contributed by atoms with E-state index < -0.39 is 0 Å². The average Bonchev–Trinajstić information content (AvgIpc) is 2.66. The van der Waals surface area contributed by atoms with Crippen molar-refractivity contribution >= 4 is 39.8 Å². The molecule has 5 rings (SSSR count). The van der Waals surface area contributed by atoms with Crippen molar-refractivity contribution in [2.75, 3.05) is 6.54 Å². The SMILES string of the molecule is O=C1CN=C2c3c(nc4c(c3-c3ccccc3Br)CCCC4)N=CN2N1. The van der Waals surface area contributed by atoms with Crippen LogP contribution in [-0.2, 0) is 17.6 Å². The molecule has 3 heterocycles. The summed E-state index contributed by atoms with van der Waals surface area (Å²) in [5.41, 5.74) is 8.36. The zero-order chi connectivity index (χ0) is 17.7. The highest BCUT2D eigenvalue weighted by Crippen LogP contribution is 2.42. The Morgan fingerprint density at radius 2 is 1.96 bits per heavy atom. The van der Waals surface area contributed by atoms with Crippen molar-refractivity contribution in [2.45, 2.75) is 25.7 Å². The Labute approximate surface area is 159 Å². The van der Waals surface area contributed by atoms with Crippen molar-refractivity contribution in [1.29, 1.82) is 0 Å². The third-order valence-corrected chi connectivity index (χ3v) is 5.65. The molecule has 2 aromatic rings. The number of amidine groups is 1. The van der Waals surface area contributed by atoms with E-state index in [4.69, 9.17) is 4.98 Å². The maximum Gasteiger partial charge on any atom is 0.260 e. The normalized spacial score (nSPS) is 17.8. The van der Waals surface area contributed by atoms with Gasteiger partial charge in [-0.15, -0.1) is 0 Å². The van der Waals surface area contributed by atoms with Gasteiger partial charge in [0, 0.05) is 15.7 Å². The Balaban J connectivity index is 1.84. The Morgan fingerprint density at radius 1 is 1.12 bits per heavy atom. The third kappa shape index (κ3) is 2.38. The van der Waals surface area contributed by atoms with Crippen LogP contribution >= 0.6 is 15.9 Å². The minimum atomic E-state index is -0.142. The van der Waals surface area contributed by atoms with E-state index in [1.807, 2.05) is 18.2 Å². The van der Waals surface area contributed by atoms with Crippen LogP contribution in [0.3, 0.4) is 0 Å². The number of aliphatic imine (C=N–C) groups is 2. The van der Waals surface area contributed by atoms with Gasteiger partial charge in [-0.1, -0.05) is 34.1 Å². The number of carbonyl (C=O) groups is 1. The summed E-state index contributed by atoms with van der Waals surface area (Å²) >= 11 is 3.70. The largest absolute Gasteiger partial charge is 0.271 e. The monoisotopic (exact) mass is 409 g/mol. The van der Waals surface area contributed by atoms with Gasteiger partial charge in [-0.05, 0) is 42.9 Å². The maximum atomic E-state index is 11.7. The molecule has 0 spiro atoms. The fraction of sp³-hybridized carbons (Fsp3) is 0.263. The lowest BCUT2D eigenvalue weighted by Gasteiger charge is -2.32. The van der Waals surface area contributed by atoms with Gasteiger partial charge < -0.3 is 0 Å². The Kier molecular flexibility index (Phi) is 3.63. The van der Waals surface area contributed by atoms with Crippen LogP contribution < -0.4 is 5.43 Å². The number of hydrogen-bond donors (Lipinski definition) is 1. The van der Waals surface area contributed by atoms with Crippen LogP contribution in [0.15, 0.2) is 38.7 Å². The Bertz CT molecular complexity index is 998. The number of benzene rings is 1. The predicted octanol–water partition coefficient (Wildman–Crippen LogP) is 3.16. The molecule has 0 unspecified atom stereocenters. The molecular weight excluding hydrogens is 394 g/mol. The summed E-state index contributed by atoms with van der Waals surface area (Å²) < 4.78 is 1.03. The average molecular weight is 410 g/mol. The van der Waals surface area contributed by atoms with E-state index in [1.165, 1.54) is 5.56 Å². The number of amides is 1. The van der Waals surface area contributed by atoms with Crippen molar-refractivity contribution in [3.05, 3.63) is 45.6 Å². The van der Waals surface area contributed by atoms with E-state index in [-0.39, 0.29) is 12.5 Å². The lowest BCUT2D eigenvalue weighted by atomic mass is 9.85. The van der Waals surface area contributed by atoms with Crippen LogP contribution in [0.1, 0.15) is 29.7 Å². The second kappa shape index (κ2) is 6.02. The van der Waals surface area contributed by atoms with Crippen molar-refractivity contribution in [1.82, 2.24) is 15.4 Å². The van der Waals surface area contributed by atoms with Gasteiger partial charge in [0.15, 0.2) is 11.7 Å². The second-order valence-corrected chi connectivity index (χ2v) is 7.44. The number of hydrazine groups is 1. The lowest BCUT2D eigenvalue weighted by Crippen LogP contribution is -2.51. The Morgan fingerprint density at radius 3 is 2.85 bits per heavy atom. The summed E-state index contributed by atoms with van der Waals surface area (Å²) in [6.45, 7) is 0.117. The number of pyridine rings is 1. The van der Waals surface area contributed by atoms with Crippen molar-refractivity contribution in [3.63, 3.8) is 0 Å². The number of carbonyl (C=O) groups excluding carboxylic acids is 1. The van der Waals surface area contributed by atoms with Crippen LogP contribution in [0.25, 0.3) is 11.1 Å². The number of aromatic nitrogens is 1. The molecule has 1 amide bonds. The molecule has 26 heavy (non-hydrogen) atoms. The lowest BCUT2D eigenvalue weighted by molar-refractivity contribution is -0.122. The second-order valence-electron chi connectivity index (χ2n) is 6.59. The highest BCUT2D eigenvalue weighted by atomic mass is 79.9. The van der Waals surface area contributed by atoms with Gasteiger partial charge >= 0.3 is 0 Å². The minimum absolute atomic E-state index is 0.117. The molecule has 1 aliphatic carbocycles. The quantitative estimate of drug-likeness (QED) is 0.786. The maximum absolute atomic E-state index is 11.7. The van der Waals surface area contributed by atoms with E-state index >= 15 is 0 Å². The molecule has 7 heteroatoms. The van der Waals surface area contributed by atoms with E-state index in [2.05, 4.69) is 37.4 Å². The first-order valence-electron chi connectivity index (χ1n) is 8.71. The van der Waals surface area contributed by atoms with Gasteiger partial charge in [-0.25, -0.2) is 15.0 Å². The van der Waals surface area contributed by atoms with E-state index in [9.17, 15) is 4.79 Å². The molecular formula is C19H16BrN5O. The summed E-state index contributed by atoms with van der Waals surface area (Å²) in [5.74, 6) is 1.25. The molecule has 0 radical (unpaired) electrons. The van der Waals surface area contributed by atoms with E-state index in [0.29, 0.717) is 11.7 Å². The van der Waals surface area contributed by atoms with Crippen LogP contribution in [0.5, 0.6) is 0 Å². The van der Waals surface area contributed by atoms with Crippen molar-refractivity contribution < 1.29 is 4.79 Å². The molecule has 0 atom stereocenters. The van der Waals surface area contributed by atoms with Gasteiger partial charge in [0.1, 0.15) is 12.9 Å². The van der Waals surface area contributed by atoms with Gasteiger partial charge in [0.2, 0.25) is 0 Å². The number of aryl methyl sites for hydroxylation is 1. The fourth-order valence-corrected chi connectivity index (χ4v) is 4.32. The first-order chi connectivity index (χ1) is 12.7. The highest BCUT2D eigenvalue weighted by Gasteiger charge is 2.32. The highest BCUT2D eigenvalue weighted by molar-refractivity contribution is 9.10. The van der Waals surface area contributed by atoms with Crippen LogP contribution in [0.4, 0.5) is 5.82 Å². The van der Waals surface area contributed by atoms with Gasteiger partial charge in [-0.3, -0.25) is 15.2 Å². The van der Waals surface area contributed by atoms with Crippen LogP contribution in [0, 0.1) is 0 Å². The standard InChI is InChI=1S/C19H16BrN5O/c20-13-7-3-1-5-11(13)16-12-6-2-4-8-14(12)23-18-17(16)19-21-9-15(26)24-25(19)10-22-18/h1,3,5,7,10H,2,4,6,8-9H2,(H,24,26). The summed E-state index contributed by atoms with van der Waals surface area (Å²) in [6, 6.07) is 8.21. The van der Waals surface area contributed by atoms with E-state index in [1.54, 1.807) is 11.3 Å².